The van der Waals surface area contributed by atoms with Crippen molar-refractivity contribution in [2.45, 2.75) is 6.61 Å². The molecule has 0 fully saturated rings. The van der Waals surface area contributed by atoms with Crippen molar-refractivity contribution in [1.29, 1.82) is 0 Å². The summed E-state index contributed by atoms with van der Waals surface area (Å²) in [7, 11) is 4.62. The number of para-hydroxylation sites is 1. The molecule has 4 aromatic rings. The third kappa shape index (κ3) is 5.52. The number of aromatic nitrogens is 2. The number of methoxy groups -OCH3 is 3. The Labute approximate surface area is 204 Å². The van der Waals surface area contributed by atoms with Gasteiger partial charge < -0.3 is 18.9 Å². The maximum Gasteiger partial charge on any atom is 0.331 e. The molecule has 0 atom stereocenters. The molecule has 0 N–H and O–H groups in total. The minimum Gasteiger partial charge on any atom is -0.493 e. The molecule has 1 heterocycles. The van der Waals surface area contributed by atoms with E-state index in [1.807, 2.05) is 66.9 Å². The maximum absolute atomic E-state index is 12.5. The van der Waals surface area contributed by atoms with Crippen LogP contribution < -0.4 is 14.2 Å². The highest BCUT2D eigenvalue weighted by molar-refractivity contribution is 5.87. The lowest BCUT2D eigenvalue weighted by Gasteiger charge is -2.12. The second-order valence-corrected chi connectivity index (χ2v) is 7.55. The number of carbonyl (C=O) groups is 1. The standard InChI is InChI=1S/C28H26N2O5/c1-32-24-16-20(17-25(33-2)28(24)34-3)14-15-26(31)35-19-22-18-30(23-12-8-5-9-13-23)29-27(22)21-10-6-4-7-11-21/h4-18H,19H2,1-3H3. The monoisotopic (exact) mass is 470 g/mol. The van der Waals surface area contributed by atoms with Crippen molar-refractivity contribution in [1.82, 2.24) is 9.78 Å². The van der Waals surface area contributed by atoms with Gasteiger partial charge in [0, 0.05) is 23.4 Å². The molecule has 35 heavy (non-hydrogen) atoms. The number of ether oxygens (including phenoxy) is 4. The van der Waals surface area contributed by atoms with Crippen LogP contribution in [0.4, 0.5) is 0 Å². The van der Waals surface area contributed by atoms with Gasteiger partial charge in [-0.05, 0) is 35.9 Å². The molecule has 0 saturated carbocycles. The molecule has 0 aliphatic carbocycles. The van der Waals surface area contributed by atoms with E-state index < -0.39 is 5.97 Å². The topological polar surface area (TPSA) is 71.8 Å². The quantitative estimate of drug-likeness (QED) is 0.244. The lowest BCUT2D eigenvalue weighted by Crippen LogP contribution is -2.01. The van der Waals surface area contributed by atoms with E-state index in [2.05, 4.69) is 0 Å². The smallest absolute Gasteiger partial charge is 0.331 e. The van der Waals surface area contributed by atoms with Crippen LogP contribution in [-0.4, -0.2) is 37.1 Å². The molecule has 7 heteroatoms. The zero-order valence-corrected chi connectivity index (χ0v) is 19.8. The van der Waals surface area contributed by atoms with Crippen molar-refractivity contribution in [2.24, 2.45) is 0 Å². The number of rotatable bonds is 9. The molecule has 3 aromatic carbocycles. The van der Waals surface area contributed by atoms with E-state index in [-0.39, 0.29) is 6.61 Å². The number of hydrogen-bond acceptors (Lipinski definition) is 6. The van der Waals surface area contributed by atoms with Gasteiger partial charge in [0.15, 0.2) is 11.5 Å². The van der Waals surface area contributed by atoms with Crippen molar-refractivity contribution in [3.63, 3.8) is 0 Å². The summed E-state index contributed by atoms with van der Waals surface area (Å²) < 4.78 is 23.4. The molecule has 7 nitrogen and oxygen atoms in total. The van der Waals surface area contributed by atoms with Crippen LogP contribution in [0.1, 0.15) is 11.1 Å². The summed E-state index contributed by atoms with van der Waals surface area (Å²) in [6, 6.07) is 23.1. The molecular weight excluding hydrogens is 444 g/mol. The van der Waals surface area contributed by atoms with Crippen LogP contribution in [0, 0.1) is 0 Å². The molecule has 0 amide bonds. The Morgan fingerprint density at radius 2 is 1.51 bits per heavy atom. The molecule has 0 bridgehead atoms. The van der Waals surface area contributed by atoms with Crippen molar-refractivity contribution >= 4 is 12.0 Å². The van der Waals surface area contributed by atoms with Crippen molar-refractivity contribution < 1.29 is 23.7 Å². The number of nitrogens with zero attached hydrogens (tertiary/aromatic N) is 2. The molecule has 0 spiro atoms. The van der Waals surface area contributed by atoms with Crippen LogP contribution in [0.3, 0.4) is 0 Å². The Kier molecular flexibility index (Phi) is 7.47. The van der Waals surface area contributed by atoms with Crippen molar-refractivity contribution in [3.05, 3.63) is 96.2 Å². The predicted octanol–water partition coefficient (Wildman–Crippen LogP) is 5.32. The molecule has 0 unspecified atom stereocenters. The minimum atomic E-state index is -0.481. The normalized spacial score (nSPS) is 10.8. The molecule has 178 valence electrons. The van der Waals surface area contributed by atoms with Crippen LogP contribution in [0.2, 0.25) is 0 Å². The van der Waals surface area contributed by atoms with Crippen LogP contribution in [0.25, 0.3) is 23.0 Å². The minimum absolute atomic E-state index is 0.0789. The summed E-state index contributed by atoms with van der Waals surface area (Å²) in [5.74, 6) is 1.00. The highest BCUT2D eigenvalue weighted by atomic mass is 16.5. The van der Waals surface area contributed by atoms with Gasteiger partial charge in [0.05, 0.1) is 32.7 Å². The summed E-state index contributed by atoms with van der Waals surface area (Å²) >= 11 is 0. The van der Waals surface area contributed by atoms with E-state index in [9.17, 15) is 4.79 Å². The second-order valence-electron chi connectivity index (χ2n) is 7.55. The van der Waals surface area contributed by atoms with Crippen molar-refractivity contribution in [3.8, 4) is 34.2 Å². The SMILES string of the molecule is COc1cc(C=CC(=O)OCc2cn(-c3ccccc3)nc2-c2ccccc2)cc(OC)c1OC. The Morgan fingerprint density at radius 3 is 2.11 bits per heavy atom. The van der Waals surface area contributed by atoms with Gasteiger partial charge in [-0.25, -0.2) is 9.48 Å². The molecule has 1 aromatic heterocycles. The number of esters is 1. The molecule has 4 rings (SSSR count). The van der Waals surface area contributed by atoms with Crippen molar-refractivity contribution in [2.75, 3.05) is 21.3 Å². The Hall–Kier alpha value is -4.52. The average molecular weight is 471 g/mol. The molecule has 0 radical (unpaired) electrons. The van der Waals surface area contributed by atoms with Crippen LogP contribution in [0.15, 0.2) is 85.1 Å². The average Bonchev–Trinajstić information content (AvgIpc) is 3.35. The highest BCUT2D eigenvalue weighted by Crippen LogP contribution is 2.38. The zero-order valence-electron chi connectivity index (χ0n) is 19.8. The van der Waals surface area contributed by atoms with E-state index in [4.69, 9.17) is 24.0 Å². The number of hydrogen-bond donors (Lipinski definition) is 0. The van der Waals surface area contributed by atoms with Gasteiger partial charge in [-0.3, -0.25) is 0 Å². The lowest BCUT2D eigenvalue weighted by molar-refractivity contribution is -0.138. The Morgan fingerprint density at radius 1 is 0.886 bits per heavy atom. The van der Waals surface area contributed by atoms with Crippen LogP contribution in [-0.2, 0) is 16.1 Å². The van der Waals surface area contributed by atoms with E-state index in [0.29, 0.717) is 22.8 Å². The van der Waals surface area contributed by atoms with Gasteiger partial charge in [0.2, 0.25) is 5.75 Å². The fourth-order valence-corrected chi connectivity index (χ4v) is 3.63. The molecule has 0 saturated heterocycles. The van der Waals surface area contributed by atoms with Gasteiger partial charge >= 0.3 is 5.97 Å². The molecule has 0 aliphatic heterocycles. The second kappa shape index (κ2) is 11.1. The third-order valence-electron chi connectivity index (χ3n) is 5.33. The fraction of sp³-hybridized carbons (Fsp3) is 0.143. The first-order valence-corrected chi connectivity index (χ1v) is 11.0. The first kappa shape index (κ1) is 23.6. The van der Waals surface area contributed by atoms with Crippen LogP contribution >= 0.6 is 0 Å². The van der Waals surface area contributed by atoms with Gasteiger partial charge in [-0.15, -0.1) is 0 Å². The third-order valence-corrected chi connectivity index (χ3v) is 5.33. The maximum atomic E-state index is 12.5. The highest BCUT2D eigenvalue weighted by Gasteiger charge is 2.15. The first-order chi connectivity index (χ1) is 17.1. The summed E-state index contributed by atoms with van der Waals surface area (Å²) in [4.78, 5) is 12.5. The lowest BCUT2D eigenvalue weighted by atomic mass is 10.1. The summed E-state index contributed by atoms with van der Waals surface area (Å²) in [6.07, 6.45) is 4.89. The predicted molar refractivity (Wildman–Crippen MR) is 134 cm³/mol. The van der Waals surface area contributed by atoms with E-state index in [1.54, 1.807) is 37.1 Å². The largest absolute Gasteiger partial charge is 0.493 e. The number of benzene rings is 3. The Bertz CT molecular complexity index is 1290. The summed E-state index contributed by atoms with van der Waals surface area (Å²) in [5, 5.41) is 4.74. The van der Waals surface area contributed by atoms with Gasteiger partial charge in [-0.2, -0.15) is 5.10 Å². The molecular formula is C28H26N2O5. The fourth-order valence-electron chi connectivity index (χ4n) is 3.63. The van der Waals surface area contributed by atoms with E-state index >= 15 is 0 Å². The van der Waals surface area contributed by atoms with Crippen LogP contribution in [0.5, 0.6) is 17.2 Å². The number of carbonyl (C=O) groups excluding carboxylic acids is 1. The van der Waals surface area contributed by atoms with Gasteiger partial charge in [0.1, 0.15) is 6.61 Å². The van der Waals surface area contributed by atoms with E-state index in [1.165, 1.54) is 13.2 Å². The van der Waals surface area contributed by atoms with Gasteiger partial charge in [0.25, 0.3) is 0 Å². The zero-order chi connectivity index (χ0) is 24.6. The van der Waals surface area contributed by atoms with Gasteiger partial charge in [-0.1, -0.05) is 48.5 Å². The van der Waals surface area contributed by atoms with E-state index in [0.717, 1.165) is 22.5 Å². The summed E-state index contributed by atoms with van der Waals surface area (Å²) in [5.41, 5.74) is 4.13. The summed E-state index contributed by atoms with van der Waals surface area (Å²) in [6.45, 7) is 0.0789. The Balaban J connectivity index is 1.53. The molecule has 0 aliphatic rings. The first-order valence-electron chi connectivity index (χ1n) is 11.0.